The number of hydrogen-bond acceptors (Lipinski definition) is 4. The molecule has 2 atom stereocenters. The average Bonchev–Trinajstić information content (AvgIpc) is 2.97. The van der Waals surface area contributed by atoms with Crippen LogP contribution < -0.4 is 4.90 Å². The van der Waals surface area contributed by atoms with Gasteiger partial charge in [-0.2, -0.15) is 0 Å². The van der Waals surface area contributed by atoms with E-state index in [2.05, 4.69) is 42.8 Å². The summed E-state index contributed by atoms with van der Waals surface area (Å²) in [5.74, 6) is -0.286. The number of aryl methyl sites for hydroxylation is 2. The summed E-state index contributed by atoms with van der Waals surface area (Å²) in [7, 11) is 2.10. The van der Waals surface area contributed by atoms with E-state index in [0.717, 1.165) is 49.3 Å². The van der Waals surface area contributed by atoms with Gasteiger partial charge in [0.25, 0.3) is 0 Å². The summed E-state index contributed by atoms with van der Waals surface area (Å²) in [6.07, 6.45) is 1.05. The first kappa shape index (κ1) is 20.1. The molecule has 4 rings (SSSR count). The standard InChI is InChI=1S/C23H26FN3OS/c1-15-12-19-20(13-16(15)2)23(29)27(18-6-4-17(24)5-7-18)22(19)21(14-28)26-10-8-25(3)9-11-26/h4-7,12-14,21-22H,8-11H2,1-3H3. The van der Waals surface area contributed by atoms with E-state index in [-0.39, 0.29) is 17.9 Å². The molecule has 0 spiro atoms. The van der Waals surface area contributed by atoms with Gasteiger partial charge in [-0.05, 0) is 67.9 Å². The van der Waals surface area contributed by atoms with E-state index in [4.69, 9.17) is 12.2 Å². The van der Waals surface area contributed by atoms with Crippen molar-refractivity contribution in [3.8, 4) is 0 Å². The lowest BCUT2D eigenvalue weighted by molar-refractivity contribution is -0.113. The third-order valence-electron chi connectivity index (χ3n) is 6.24. The summed E-state index contributed by atoms with van der Waals surface area (Å²) in [5.41, 5.74) is 5.25. The molecule has 152 valence electrons. The third-order valence-corrected chi connectivity index (χ3v) is 6.66. The van der Waals surface area contributed by atoms with Crippen molar-refractivity contribution in [3.05, 3.63) is 64.5 Å². The maximum absolute atomic E-state index is 13.6. The minimum atomic E-state index is -0.324. The second-order valence-electron chi connectivity index (χ2n) is 8.09. The van der Waals surface area contributed by atoms with Crippen molar-refractivity contribution in [1.29, 1.82) is 0 Å². The smallest absolute Gasteiger partial charge is 0.139 e. The Morgan fingerprint density at radius 2 is 1.69 bits per heavy atom. The van der Waals surface area contributed by atoms with Crippen LogP contribution in [0.5, 0.6) is 0 Å². The summed E-state index contributed by atoms with van der Waals surface area (Å²) in [6.45, 7) is 7.68. The monoisotopic (exact) mass is 411 g/mol. The molecule has 0 bridgehead atoms. The molecule has 2 aromatic carbocycles. The molecule has 4 nitrogen and oxygen atoms in total. The molecular weight excluding hydrogens is 385 g/mol. The second kappa shape index (κ2) is 7.94. The maximum atomic E-state index is 13.6. The topological polar surface area (TPSA) is 26.8 Å². The maximum Gasteiger partial charge on any atom is 0.139 e. The van der Waals surface area contributed by atoms with Crippen molar-refractivity contribution in [1.82, 2.24) is 9.80 Å². The number of halogens is 1. The predicted octanol–water partition coefficient (Wildman–Crippen LogP) is 3.49. The molecule has 2 unspecified atom stereocenters. The molecule has 0 radical (unpaired) electrons. The molecule has 2 aliphatic heterocycles. The Labute approximate surface area is 176 Å². The summed E-state index contributed by atoms with van der Waals surface area (Å²) in [6, 6.07) is 10.1. The zero-order chi connectivity index (χ0) is 20.7. The number of fused-ring (bicyclic) bond motifs is 1. The Kier molecular flexibility index (Phi) is 5.51. The van der Waals surface area contributed by atoms with Gasteiger partial charge in [0.05, 0.1) is 12.1 Å². The molecule has 2 aromatic rings. The predicted molar refractivity (Wildman–Crippen MR) is 118 cm³/mol. The number of aldehydes is 1. The Hall–Kier alpha value is -2.15. The highest BCUT2D eigenvalue weighted by Crippen LogP contribution is 2.42. The quantitative estimate of drug-likeness (QED) is 0.567. The average molecular weight is 412 g/mol. The molecule has 6 heteroatoms. The number of piperazine rings is 1. The SMILES string of the molecule is Cc1cc2c(cc1C)C(C(C=O)N1CCN(C)CC1)N(c1ccc(F)cc1)C2=S. The molecule has 0 amide bonds. The van der Waals surface area contributed by atoms with Gasteiger partial charge in [0.15, 0.2) is 0 Å². The molecule has 0 aromatic heterocycles. The van der Waals surface area contributed by atoms with Crippen molar-refractivity contribution < 1.29 is 9.18 Å². The summed E-state index contributed by atoms with van der Waals surface area (Å²) < 4.78 is 13.6. The first-order valence-electron chi connectivity index (χ1n) is 9.99. The molecule has 0 saturated carbocycles. The van der Waals surface area contributed by atoms with E-state index < -0.39 is 0 Å². The molecule has 0 N–H and O–H groups in total. The molecular formula is C23H26FN3OS. The van der Waals surface area contributed by atoms with Gasteiger partial charge in [-0.25, -0.2) is 4.39 Å². The molecule has 2 heterocycles. The van der Waals surface area contributed by atoms with Gasteiger partial charge in [-0.3, -0.25) is 4.90 Å². The number of carbonyl (C=O) groups is 1. The van der Waals surface area contributed by atoms with E-state index in [1.54, 1.807) is 12.1 Å². The molecule has 1 saturated heterocycles. The van der Waals surface area contributed by atoms with Gasteiger partial charge in [-0.1, -0.05) is 18.3 Å². The Morgan fingerprint density at radius 3 is 2.31 bits per heavy atom. The molecule has 1 fully saturated rings. The second-order valence-corrected chi connectivity index (χ2v) is 8.47. The molecule has 0 aliphatic carbocycles. The zero-order valence-corrected chi connectivity index (χ0v) is 17.9. The van der Waals surface area contributed by atoms with Crippen LogP contribution in [0.4, 0.5) is 10.1 Å². The third kappa shape index (κ3) is 3.61. The summed E-state index contributed by atoms with van der Waals surface area (Å²) >= 11 is 5.87. The Bertz CT molecular complexity index is 938. The van der Waals surface area contributed by atoms with Crippen LogP contribution in [0.15, 0.2) is 36.4 Å². The van der Waals surface area contributed by atoms with Crippen LogP contribution in [-0.4, -0.2) is 60.3 Å². The van der Waals surface area contributed by atoms with Crippen molar-refractivity contribution in [3.63, 3.8) is 0 Å². The Morgan fingerprint density at radius 1 is 1.07 bits per heavy atom. The van der Waals surface area contributed by atoms with E-state index in [9.17, 15) is 9.18 Å². The van der Waals surface area contributed by atoms with Crippen LogP contribution in [0.1, 0.15) is 28.3 Å². The highest BCUT2D eigenvalue weighted by atomic mass is 32.1. The fourth-order valence-electron chi connectivity index (χ4n) is 4.36. The molecule has 2 aliphatic rings. The highest BCUT2D eigenvalue weighted by molar-refractivity contribution is 7.81. The summed E-state index contributed by atoms with van der Waals surface area (Å²) in [5, 5.41) is 0. The van der Waals surface area contributed by atoms with Gasteiger partial charge in [0, 0.05) is 37.4 Å². The number of benzene rings is 2. The van der Waals surface area contributed by atoms with E-state index in [1.165, 1.54) is 23.3 Å². The fourth-order valence-corrected chi connectivity index (χ4v) is 4.76. The molecule has 29 heavy (non-hydrogen) atoms. The van der Waals surface area contributed by atoms with Gasteiger partial charge in [0.2, 0.25) is 0 Å². The van der Waals surface area contributed by atoms with E-state index >= 15 is 0 Å². The highest BCUT2D eigenvalue weighted by Gasteiger charge is 2.42. The fraction of sp³-hybridized carbons (Fsp3) is 0.391. The van der Waals surface area contributed by atoms with Gasteiger partial charge in [0.1, 0.15) is 17.1 Å². The number of thiocarbonyl (C=S) groups is 1. The van der Waals surface area contributed by atoms with Gasteiger partial charge in [-0.15, -0.1) is 0 Å². The normalized spacial score (nSPS) is 21.3. The lowest BCUT2D eigenvalue weighted by Gasteiger charge is -2.41. The lowest BCUT2D eigenvalue weighted by atomic mass is 9.93. The summed E-state index contributed by atoms with van der Waals surface area (Å²) in [4.78, 5) is 19.6. The number of nitrogens with zero attached hydrogens (tertiary/aromatic N) is 3. The van der Waals surface area contributed by atoms with Crippen molar-refractivity contribution in [2.75, 3.05) is 38.1 Å². The van der Waals surface area contributed by atoms with E-state index in [0.29, 0.717) is 4.99 Å². The van der Waals surface area contributed by atoms with Gasteiger partial charge >= 0.3 is 0 Å². The number of rotatable bonds is 4. The largest absolute Gasteiger partial charge is 0.323 e. The van der Waals surface area contributed by atoms with Crippen LogP contribution >= 0.6 is 12.2 Å². The zero-order valence-electron chi connectivity index (χ0n) is 17.1. The van der Waals surface area contributed by atoms with Crippen LogP contribution in [0.2, 0.25) is 0 Å². The first-order valence-corrected chi connectivity index (χ1v) is 10.4. The lowest BCUT2D eigenvalue weighted by Crippen LogP contribution is -2.53. The minimum absolute atomic E-state index is 0.219. The van der Waals surface area contributed by atoms with Crippen molar-refractivity contribution in [2.45, 2.75) is 25.9 Å². The van der Waals surface area contributed by atoms with Crippen LogP contribution in [0.3, 0.4) is 0 Å². The Balaban J connectivity index is 1.82. The number of likely N-dealkylation sites (N-methyl/N-ethyl adjacent to an activating group) is 1. The number of anilines is 1. The first-order chi connectivity index (χ1) is 13.9. The van der Waals surface area contributed by atoms with Crippen molar-refractivity contribution >= 4 is 29.2 Å². The van der Waals surface area contributed by atoms with Crippen molar-refractivity contribution in [2.24, 2.45) is 0 Å². The van der Waals surface area contributed by atoms with Gasteiger partial charge < -0.3 is 14.6 Å². The van der Waals surface area contributed by atoms with E-state index in [1.807, 2.05) is 4.90 Å². The van der Waals surface area contributed by atoms with Crippen LogP contribution in [-0.2, 0) is 4.79 Å². The minimum Gasteiger partial charge on any atom is -0.323 e. The number of hydrogen-bond donors (Lipinski definition) is 0. The van der Waals surface area contributed by atoms with Crippen LogP contribution in [0.25, 0.3) is 0 Å². The van der Waals surface area contributed by atoms with Crippen LogP contribution in [0, 0.1) is 19.7 Å². The number of carbonyl (C=O) groups excluding carboxylic acids is 1.